The van der Waals surface area contributed by atoms with Crippen molar-refractivity contribution in [2.75, 3.05) is 5.73 Å². The summed E-state index contributed by atoms with van der Waals surface area (Å²) in [4.78, 5) is 16.0. The summed E-state index contributed by atoms with van der Waals surface area (Å²) >= 11 is 11.7. The molecule has 0 amide bonds. The smallest absolute Gasteiger partial charge is 0.195 e. The fraction of sp³-hybridized carbons (Fsp3) is 0. The van der Waals surface area contributed by atoms with Crippen molar-refractivity contribution in [3.8, 4) is 0 Å². The number of halogens is 2. The largest absolute Gasteiger partial charge is 0.397 e. The highest BCUT2D eigenvalue weighted by Crippen LogP contribution is 2.22. The first-order valence-electron chi connectivity index (χ1n) is 4.78. The van der Waals surface area contributed by atoms with Gasteiger partial charge in [-0.3, -0.25) is 9.78 Å². The Morgan fingerprint density at radius 1 is 1.18 bits per heavy atom. The van der Waals surface area contributed by atoms with Gasteiger partial charge in [0.2, 0.25) is 0 Å². The number of nitrogens with zero attached hydrogens (tertiary/aromatic N) is 1. The van der Waals surface area contributed by atoms with Crippen molar-refractivity contribution in [2.24, 2.45) is 0 Å². The number of carbonyl (C=O) groups excluding carboxylic acids is 1. The number of carbonyl (C=O) groups is 1. The van der Waals surface area contributed by atoms with E-state index in [9.17, 15) is 4.79 Å². The third kappa shape index (κ3) is 2.57. The Morgan fingerprint density at radius 2 is 1.82 bits per heavy atom. The highest BCUT2D eigenvalue weighted by molar-refractivity contribution is 6.35. The van der Waals surface area contributed by atoms with E-state index in [4.69, 9.17) is 28.9 Å². The number of rotatable bonds is 2. The van der Waals surface area contributed by atoms with Gasteiger partial charge in [0.1, 0.15) is 0 Å². The third-order valence-corrected chi connectivity index (χ3v) is 2.66. The summed E-state index contributed by atoms with van der Waals surface area (Å²) in [6.45, 7) is 0. The van der Waals surface area contributed by atoms with Gasteiger partial charge in [-0.25, -0.2) is 0 Å². The van der Waals surface area contributed by atoms with Crippen molar-refractivity contribution >= 4 is 34.7 Å². The lowest BCUT2D eigenvalue weighted by molar-refractivity contribution is 0.103. The Hall–Kier alpha value is -1.58. The van der Waals surface area contributed by atoms with Crippen molar-refractivity contribution in [3.05, 3.63) is 57.8 Å². The van der Waals surface area contributed by atoms with Crippen molar-refractivity contribution in [1.82, 2.24) is 4.98 Å². The van der Waals surface area contributed by atoms with Gasteiger partial charge in [0, 0.05) is 27.4 Å². The molecule has 0 fully saturated rings. The molecule has 0 bridgehead atoms. The van der Waals surface area contributed by atoms with Crippen LogP contribution in [0.5, 0.6) is 0 Å². The van der Waals surface area contributed by atoms with Crippen LogP contribution in [-0.4, -0.2) is 10.8 Å². The van der Waals surface area contributed by atoms with Crippen LogP contribution in [0.15, 0.2) is 36.7 Å². The van der Waals surface area contributed by atoms with Gasteiger partial charge in [-0.2, -0.15) is 0 Å². The van der Waals surface area contributed by atoms with Crippen LogP contribution in [0, 0.1) is 0 Å². The molecule has 0 unspecified atom stereocenters. The fourth-order valence-corrected chi connectivity index (χ4v) is 1.98. The van der Waals surface area contributed by atoms with Gasteiger partial charge < -0.3 is 5.73 Å². The Labute approximate surface area is 108 Å². The minimum atomic E-state index is -0.227. The molecular formula is C12H8Cl2N2O. The van der Waals surface area contributed by atoms with Crippen molar-refractivity contribution in [3.63, 3.8) is 0 Å². The lowest BCUT2D eigenvalue weighted by Crippen LogP contribution is -2.05. The van der Waals surface area contributed by atoms with E-state index in [1.807, 2.05) is 0 Å². The zero-order valence-electron chi connectivity index (χ0n) is 8.65. The predicted molar refractivity (Wildman–Crippen MR) is 68.5 cm³/mol. The van der Waals surface area contributed by atoms with E-state index in [1.165, 1.54) is 12.4 Å². The summed E-state index contributed by atoms with van der Waals surface area (Å²) in [5.41, 5.74) is 6.80. The second-order valence-electron chi connectivity index (χ2n) is 3.45. The number of ketones is 1. The summed E-state index contributed by atoms with van der Waals surface area (Å²) < 4.78 is 0. The first-order chi connectivity index (χ1) is 8.08. The van der Waals surface area contributed by atoms with Crippen molar-refractivity contribution < 1.29 is 4.79 Å². The van der Waals surface area contributed by atoms with Crippen molar-refractivity contribution in [1.29, 1.82) is 0 Å². The maximum atomic E-state index is 12.1. The molecule has 3 nitrogen and oxygen atoms in total. The normalized spacial score (nSPS) is 10.2. The van der Waals surface area contributed by atoms with E-state index >= 15 is 0 Å². The molecule has 0 saturated carbocycles. The van der Waals surface area contributed by atoms with Gasteiger partial charge in [0.15, 0.2) is 5.78 Å². The number of hydrogen-bond acceptors (Lipinski definition) is 3. The molecule has 0 aliphatic carbocycles. The van der Waals surface area contributed by atoms with Gasteiger partial charge in [-0.05, 0) is 24.3 Å². The zero-order chi connectivity index (χ0) is 12.4. The molecular weight excluding hydrogens is 259 g/mol. The van der Waals surface area contributed by atoms with E-state index in [0.717, 1.165) is 0 Å². The molecule has 86 valence electrons. The average molecular weight is 267 g/mol. The summed E-state index contributed by atoms with van der Waals surface area (Å²) in [5.74, 6) is -0.227. The molecule has 1 aromatic heterocycles. The van der Waals surface area contributed by atoms with Crippen LogP contribution >= 0.6 is 23.2 Å². The molecule has 0 saturated heterocycles. The number of nitrogens with two attached hydrogens (primary N) is 1. The Balaban J connectivity index is 2.48. The quantitative estimate of drug-likeness (QED) is 0.850. The van der Waals surface area contributed by atoms with E-state index < -0.39 is 0 Å². The summed E-state index contributed by atoms with van der Waals surface area (Å²) in [6, 6.07) is 6.23. The average Bonchev–Trinajstić information content (AvgIpc) is 2.27. The number of benzene rings is 1. The summed E-state index contributed by atoms with van der Waals surface area (Å²) in [6.07, 6.45) is 2.94. The molecule has 0 radical (unpaired) electrons. The van der Waals surface area contributed by atoms with Gasteiger partial charge in [0.05, 0.1) is 11.9 Å². The van der Waals surface area contributed by atoms with Crippen molar-refractivity contribution in [2.45, 2.75) is 0 Å². The van der Waals surface area contributed by atoms with E-state index in [0.29, 0.717) is 26.9 Å². The predicted octanol–water partition coefficient (Wildman–Crippen LogP) is 3.20. The molecule has 0 aliphatic heterocycles. The molecule has 1 aromatic carbocycles. The molecule has 2 aromatic rings. The molecule has 0 atom stereocenters. The second-order valence-corrected chi connectivity index (χ2v) is 4.32. The minimum Gasteiger partial charge on any atom is -0.397 e. The van der Waals surface area contributed by atoms with E-state index in [-0.39, 0.29) is 5.78 Å². The maximum absolute atomic E-state index is 12.1. The molecule has 5 heteroatoms. The Morgan fingerprint density at radius 3 is 2.41 bits per heavy atom. The molecule has 17 heavy (non-hydrogen) atoms. The lowest BCUT2D eigenvalue weighted by Gasteiger charge is -2.05. The minimum absolute atomic E-state index is 0.227. The first kappa shape index (κ1) is 11.9. The Bertz CT molecular complexity index is 564. The number of aromatic nitrogens is 1. The number of anilines is 1. The van der Waals surface area contributed by atoms with Crippen LogP contribution in [0.2, 0.25) is 10.0 Å². The molecule has 0 spiro atoms. The number of nitrogen functional groups attached to an aromatic ring is 1. The van der Waals surface area contributed by atoms with E-state index in [2.05, 4.69) is 4.98 Å². The van der Waals surface area contributed by atoms with Crippen LogP contribution in [-0.2, 0) is 0 Å². The first-order valence-corrected chi connectivity index (χ1v) is 5.54. The lowest BCUT2D eigenvalue weighted by atomic mass is 10.0. The highest BCUT2D eigenvalue weighted by atomic mass is 35.5. The Kier molecular flexibility index (Phi) is 3.31. The highest BCUT2D eigenvalue weighted by Gasteiger charge is 2.13. The van der Waals surface area contributed by atoms with Crippen LogP contribution in [0.1, 0.15) is 15.9 Å². The molecule has 0 aliphatic rings. The monoisotopic (exact) mass is 266 g/mol. The molecule has 1 heterocycles. The van der Waals surface area contributed by atoms with Crippen LogP contribution in [0.3, 0.4) is 0 Å². The third-order valence-electron chi connectivity index (χ3n) is 2.22. The SMILES string of the molecule is Nc1cnccc1C(=O)c1cc(Cl)cc(Cl)c1. The number of hydrogen-bond donors (Lipinski definition) is 1. The van der Waals surface area contributed by atoms with Gasteiger partial charge >= 0.3 is 0 Å². The maximum Gasteiger partial charge on any atom is 0.195 e. The van der Waals surface area contributed by atoms with E-state index in [1.54, 1.807) is 24.3 Å². The summed E-state index contributed by atoms with van der Waals surface area (Å²) in [5, 5.41) is 0.821. The van der Waals surface area contributed by atoms with Gasteiger partial charge in [0.25, 0.3) is 0 Å². The molecule has 2 rings (SSSR count). The van der Waals surface area contributed by atoms with Gasteiger partial charge in [-0.1, -0.05) is 23.2 Å². The van der Waals surface area contributed by atoms with Gasteiger partial charge in [-0.15, -0.1) is 0 Å². The summed E-state index contributed by atoms with van der Waals surface area (Å²) in [7, 11) is 0. The molecule has 2 N–H and O–H groups in total. The standard InChI is InChI=1S/C12H8Cl2N2O/c13-8-3-7(4-9(14)5-8)12(17)10-1-2-16-6-11(10)15/h1-6H,15H2. The topological polar surface area (TPSA) is 56.0 Å². The zero-order valence-corrected chi connectivity index (χ0v) is 10.2. The van der Waals surface area contributed by atoms with Crippen LogP contribution in [0.4, 0.5) is 5.69 Å². The second kappa shape index (κ2) is 4.73. The van der Waals surface area contributed by atoms with Crippen LogP contribution < -0.4 is 5.73 Å². The number of pyridine rings is 1. The van der Waals surface area contributed by atoms with Crippen LogP contribution in [0.25, 0.3) is 0 Å². The fourth-order valence-electron chi connectivity index (χ4n) is 1.45.